The minimum atomic E-state index is -0.687. The van der Waals surface area contributed by atoms with Crippen LogP contribution in [0.1, 0.15) is 142 Å². The third kappa shape index (κ3) is 26.9. The Morgan fingerprint density at radius 2 is 1.19 bits per heavy atom. The fourth-order valence-electron chi connectivity index (χ4n) is 3.87. The Bertz CT molecular complexity index is 428. The first-order valence-corrected chi connectivity index (χ1v) is 13.4. The molecule has 0 aromatic heterocycles. The van der Waals surface area contributed by atoms with Gasteiger partial charge in [-0.3, -0.25) is 4.79 Å². The molecule has 0 saturated heterocycles. The van der Waals surface area contributed by atoms with E-state index in [1.54, 1.807) is 0 Å². The first-order chi connectivity index (χ1) is 15.2. The zero-order valence-corrected chi connectivity index (χ0v) is 20.5. The van der Waals surface area contributed by atoms with Crippen LogP contribution in [0.15, 0.2) is 24.3 Å². The molecule has 31 heavy (non-hydrogen) atoms. The largest absolute Gasteiger partial charge is 0.481 e. The molecule has 0 heterocycles. The van der Waals surface area contributed by atoms with Crippen molar-refractivity contribution in [3.8, 4) is 0 Å². The summed E-state index contributed by atoms with van der Waals surface area (Å²) >= 11 is 0. The van der Waals surface area contributed by atoms with E-state index >= 15 is 0 Å². The van der Waals surface area contributed by atoms with Crippen molar-refractivity contribution < 1.29 is 15.0 Å². The Balaban J connectivity index is 3.32. The summed E-state index contributed by atoms with van der Waals surface area (Å²) in [6.07, 6.45) is 32.8. The SMILES string of the molecule is CCCCCCCCCCCC=CCC=CCC(O)CCCCCCCCCC(=O)O. The molecule has 0 fully saturated rings. The smallest absolute Gasteiger partial charge is 0.303 e. The molecule has 2 N–H and O–H groups in total. The van der Waals surface area contributed by atoms with Gasteiger partial charge in [0.25, 0.3) is 0 Å². The summed E-state index contributed by atoms with van der Waals surface area (Å²) in [5, 5.41) is 18.6. The lowest BCUT2D eigenvalue weighted by atomic mass is 10.0. The van der Waals surface area contributed by atoms with Crippen LogP contribution >= 0.6 is 0 Å². The number of unbranched alkanes of at least 4 members (excludes halogenated alkanes) is 15. The Morgan fingerprint density at radius 3 is 1.81 bits per heavy atom. The van der Waals surface area contributed by atoms with Crippen LogP contribution in [0.5, 0.6) is 0 Å². The van der Waals surface area contributed by atoms with Gasteiger partial charge in [0.15, 0.2) is 0 Å². The first kappa shape index (κ1) is 29.9. The van der Waals surface area contributed by atoms with E-state index in [0.29, 0.717) is 6.42 Å². The van der Waals surface area contributed by atoms with Crippen molar-refractivity contribution in [1.29, 1.82) is 0 Å². The summed E-state index contributed by atoms with van der Waals surface area (Å²) in [6, 6.07) is 0. The van der Waals surface area contributed by atoms with Crippen LogP contribution in [0.4, 0.5) is 0 Å². The topological polar surface area (TPSA) is 57.5 Å². The van der Waals surface area contributed by atoms with Crippen molar-refractivity contribution in [3.05, 3.63) is 24.3 Å². The molecule has 0 aliphatic heterocycles. The van der Waals surface area contributed by atoms with E-state index in [2.05, 4.69) is 31.2 Å². The number of rotatable bonds is 24. The van der Waals surface area contributed by atoms with Crippen molar-refractivity contribution >= 4 is 5.97 Å². The zero-order valence-electron chi connectivity index (χ0n) is 20.5. The predicted octanol–water partition coefficient (Wildman–Crippen LogP) is 8.76. The fourth-order valence-corrected chi connectivity index (χ4v) is 3.87. The van der Waals surface area contributed by atoms with Gasteiger partial charge in [0.05, 0.1) is 6.10 Å². The summed E-state index contributed by atoms with van der Waals surface area (Å²) in [5.74, 6) is -0.687. The molecule has 0 amide bonds. The molecule has 1 unspecified atom stereocenters. The highest BCUT2D eigenvalue weighted by Crippen LogP contribution is 2.13. The summed E-state index contributed by atoms with van der Waals surface area (Å²) < 4.78 is 0. The number of aliphatic carboxylic acids is 1. The maximum absolute atomic E-state index is 10.4. The van der Waals surface area contributed by atoms with Gasteiger partial charge in [-0.15, -0.1) is 0 Å². The second-order valence-electron chi connectivity index (χ2n) is 9.09. The first-order valence-electron chi connectivity index (χ1n) is 13.4. The summed E-state index contributed by atoms with van der Waals surface area (Å²) in [5.41, 5.74) is 0. The van der Waals surface area contributed by atoms with E-state index in [1.807, 2.05) is 0 Å². The lowest BCUT2D eigenvalue weighted by Gasteiger charge is -2.07. The zero-order chi connectivity index (χ0) is 22.8. The normalized spacial score (nSPS) is 12.8. The number of carboxylic acid groups (broad SMARTS) is 1. The van der Waals surface area contributed by atoms with E-state index < -0.39 is 5.97 Å². The molecule has 0 saturated carbocycles. The Morgan fingerprint density at radius 1 is 0.677 bits per heavy atom. The molecule has 3 heteroatoms. The lowest BCUT2D eigenvalue weighted by molar-refractivity contribution is -0.137. The Kier molecular flexibility index (Phi) is 24.3. The van der Waals surface area contributed by atoms with Gasteiger partial charge in [0, 0.05) is 6.42 Å². The number of aliphatic hydroxyl groups is 1. The highest BCUT2D eigenvalue weighted by molar-refractivity contribution is 5.66. The molecular weight excluding hydrogens is 384 g/mol. The highest BCUT2D eigenvalue weighted by atomic mass is 16.4. The molecule has 0 aliphatic rings. The fraction of sp³-hybridized carbons (Fsp3) is 0.821. The van der Waals surface area contributed by atoms with Gasteiger partial charge in [-0.05, 0) is 38.5 Å². The van der Waals surface area contributed by atoms with Crippen molar-refractivity contribution in [1.82, 2.24) is 0 Å². The monoisotopic (exact) mass is 436 g/mol. The average Bonchev–Trinajstić information content (AvgIpc) is 2.75. The highest BCUT2D eigenvalue weighted by Gasteiger charge is 2.01. The van der Waals surface area contributed by atoms with Crippen LogP contribution in [0.25, 0.3) is 0 Å². The maximum Gasteiger partial charge on any atom is 0.303 e. The van der Waals surface area contributed by atoms with Crippen LogP contribution in [0.3, 0.4) is 0 Å². The van der Waals surface area contributed by atoms with Gasteiger partial charge < -0.3 is 10.2 Å². The maximum atomic E-state index is 10.4. The molecule has 0 aromatic carbocycles. The van der Waals surface area contributed by atoms with Gasteiger partial charge >= 0.3 is 5.97 Å². The van der Waals surface area contributed by atoms with Crippen LogP contribution in [0, 0.1) is 0 Å². The quantitative estimate of drug-likeness (QED) is 0.117. The van der Waals surface area contributed by atoms with E-state index in [-0.39, 0.29) is 6.10 Å². The van der Waals surface area contributed by atoms with E-state index in [1.165, 1.54) is 83.5 Å². The number of carbonyl (C=O) groups is 1. The summed E-state index contributed by atoms with van der Waals surface area (Å²) in [6.45, 7) is 2.27. The van der Waals surface area contributed by atoms with Crippen LogP contribution in [-0.4, -0.2) is 22.3 Å². The standard InChI is InChI=1S/C28H52O3/c1-2-3-4-5-6-7-8-9-10-11-12-13-15-18-21-24-27(29)25-22-19-16-14-17-20-23-26-28(30)31/h12-13,18,21,27,29H,2-11,14-17,19-20,22-26H2,1H3,(H,30,31). The van der Waals surface area contributed by atoms with E-state index in [4.69, 9.17) is 5.11 Å². The summed E-state index contributed by atoms with van der Waals surface area (Å²) in [7, 11) is 0. The van der Waals surface area contributed by atoms with Crippen LogP contribution < -0.4 is 0 Å². The molecule has 1 atom stereocenters. The van der Waals surface area contributed by atoms with Gasteiger partial charge in [0.2, 0.25) is 0 Å². The van der Waals surface area contributed by atoms with Crippen LogP contribution in [-0.2, 0) is 4.79 Å². The number of allylic oxidation sites excluding steroid dienone is 3. The Hall–Kier alpha value is -1.09. The van der Waals surface area contributed by atoms with Gasteiger partial charge in [-0.1, -0.05) is 121 Å². The number of carboxylic acids is 1. The van der Waals surface area contributed by atoms with Crippen molar-refractivity contribution in [2.75, 3.05) is 0 Å². The average molecular weight is 437 g/mol. The molecular formula is C28H52O3. The molecule has 0 bridgehead atoms. The molecule has 3 nitrogen and oxygen atoms in total. The Labute approximate surface area is 193 Å². The van der Waals surface area contributed by atoms with Crippen LogP contribution in [0.2, 0.25) is 0 Å². The molecule has 182 valence electrons. The third-order valence-electron chi connectivity index (χ3n) is 5.92. The second-order valence-corrected chi connectivity index (χ2v) is 9.09. The second kappa shape index (κ2) is 25.2. The lowest BCUT2D eigenvalue weighted by Crippen LogP contribution is -2.04. The molecule has 0 spiro atoms. The van der Waals surface area contributed by atoms with E-state index in [9.17, 15) is 9.90 Å². The van der Waals surface area contributed by atoms with Crippen molar-refractivity contribution in [2.24, 2.45) is 0 Å². The number of hydrogen-bond acceptors (Lipinski definition) is 2. The molecule has 0 rings (SSSR count). The molecule has 0 aliphatic carbocycles. The minimum Gasteiger partial charge on any atom is -0.481 e. The molecule has 0 radical (unpaired) electrons. The summed E-state index contributed by atoms with van der Waals surface area (Å²) in [4.78, 5) is 10.4. The predicted molar refractivity (Wildman–Crippen MR) is 135 cm³/mol. The minimum absolute atomic E-state index is 0.210. The molecule has 0 aromatic rings. The van der Waals surface area contributed by atoms with Gasteiger partial charge in [-0.25, -0.2) is 0 Å². The third-order valence-corrected chi connectivity index (χ3v) is 5.92. The van der Waals surface area contributed by atoms with E-state index in [0.717, 1.165) is 44.9 Å². The van der Waals surface area contributed by atoms with Gasteiger partial charge in [0.1, 0.15) is 0 Å². The van der Waals surface area contributed by atoms with Crippen molar-refractivity contribution in [3.63, 3.8) is 0 Å². The number of hydrogen-bond donors (Lipinski definition) is 2. The number of aliphatic hydroxyl groups excluding tert-OH is 1. The van der Waals surface area contributed by atoms with Gasteiger partial charge in [-0.2, -0.15) is 0 Å². The van der Waals surface area contributed by atoms with Crippen molar-refractivity contribution in [2.45, 2.75) is 148 Å².